The summed E-state index contributed by atoms with van der Waals surface area (Å²) in [5.41, 5.74) is 1.91. The summed E-state index contributed by atoms with van der Waals surface area (Å²) in [4.78, 5) is 16.6. The molecule has 1 aromatic heterocycles. The van der Waals surface area contributed by atoms with Crippen molar-refractivity contribution in [1.29, 1.82) is 5.26 Å². The molecule has 1 amide bonds. The Labute approximate surface area is 199 Å². The number of carbonyl (C=O) groups excluding carboxylic acids is 1. The standard InChI is InChI=1S/C23H18N4O5S2/c1-31-17-8-6-16(7-9-17)27-34(29,30)18-10-11-21-20(12-18)26-23(32-21)33-14-22(28)25-19-5-3-2-4-15(19)13-24/h2-12,27H,14H2,1H3,(H,25,28). The summed E-state index contributed by atoms with van der Waals surface area (Å²) in [6.07, 6.45) is 0. The van der Waals surface area contributed by atoms with E-state index < -0.39 is 10.0 Å². The maximum Gasteiger partial charge on any atom is 0.261 e. The van der Waals surface area contributed by atoms with Crippen molar-refractivity contribution >= 4 is 50.2 Å². The number of nitrogens with zero attached hydrogens (tertiary/aromatic N) is 2. The number of nitriles is 1. The van der Waals surface area contributed by atoms with Crippen LogP contribution in [0, 0.1) is 11.3 Å². The second-order valence-electron chi connectivity index (χ2n) is 6.94. The highest BCUT2D eigenvalue weighted by atomic mass is 32.2. The molecule has 2 N–H and O–H groups in total. The molecule has 1 heterocycles. The number of carbonyl (C=O) groups is 1. The molecule has 0 atom stereocenters. The van der Waals surface area contributed by atoms with Gasteiger partial charge in [-0.3, -0.25) is 9.52 Å². The molecule has 11 heteroatoms. The first-order valence-electron chi connectivity index (χ1n) is 9.87. The number of rotatable bonds is 8. The molecule has 0 fully saturated rings. The van der Waals surface area contributed by atoms with Crippen molar-refractivity contribution in [3.05, 3.63) is 72.3 Å². The monoisotopic (exact) mass is 494 g/mol. The van der Waals surface area contributed by atoms with Crippen LogP contribution in [0.4, 0.5) is 11.4 Å². The lowest BCUT2D eigenvalue weighted by Crippen LogP contribution is -2.14. The van der Waals surface area contributed by atoms with Crippen LogP contribution in [0.3, 0.4) is 0 Å². The summed E-state index contributed by atoms with van der Waals surface area (Å²) in [6, 6.07) is 19.5. The molecule has 3 aromatic carbocycles. The minimum Gasteiger partial charge on any atom is -0.497 e. The van der Waals surface area contributed by atoms with Crippen LogP contribution in [0.1, 0.15) is 5.56 Å². The number of amides is 1. The molecule has 4 rings (SSSR count). The van der Waals surface area contributed by atoms with Crippen molar-refractivity contribution in [3.8, 4) is 11.8 Å². The van der Waals surface area contributed by atoms with Crippen molar-refractivity contribution in [2.45, 2.75) is 10.1 Å². The number of anilines is 2. The Morgan fingerprint density at radius 1 is 1.15 bits per heavy atom. The predicted octanol–water partition coefficient (Wildman–Crippen LogP) is 4.24. The SMILES string of the molecule is COc1ccc(NS(=O)(=O)c2ccc3oc(SCC(=O)Nc4ccccc4C#N)nc3c2)cc1. The fraction of sp³-hybridized carbons (Fsp3) is 0.0870. The van der Waals surface area contributed by atoms with Gasteiger partial charge in [0, 0.05) is 5.69 Å². The van der Waals surface area contributed by atoms with Gasteiger partial charge in [0.1, 0.15) is 17.3 Å². The third kappa shape index (κ3) is 5.31. The molecule has 0 saturated heterocycles. The van der Waals surface area contributed by atoms with E-state index >= 15 is 0 Å². The number of sulfonamides is 1. The summed E-state index contributed by atoms with van der Waals surface area (Å²) in [5, 5.41) is 12.0. The Morgan fingerprint density at radius 2 is 1.91 bits per heavy atom. The lowest BCUT2D eigenvalue weighted by Gasteiger charge is -2.08. The van der Waals surface area contributed by atoms with Gasteiger partial charge in [-0.2, -0.15) is 5.26 Å². The Balaban J connectivity index is 1.44. The molecule has 172 valence electrons. The van der Waals surface area contributed by atoms with E-state index in [-0.39, 0.29) is 21.8 Å². The number of oxazole rings is 1. The van der Waals surface area contributed by atoms with Crippen molar-refractivity contribution in [1.82, 2.24) is 4.98 Å². The number of para-hydroxylation sites is 1. The molecule has 0 unspecified atom stereocenters. The van der Waals surface area contributed by atoms with Gasteiger partial charge in [0.25, 0.3) is 15.2 Å². The van der Waals surface area contributed by atoms with Gasteiger partial charge in [0.2, 0.25) is 5.91 Å². The molecule has 4 aromatic rings. The van der Waals surface area contributed by atoms with E-state index in [9.17, 15) is 13.2 Å². The second-order valence-corrected chi connectivity index (χ2v) is 9.55. The smallest absolute Gasteiger partial charge is 0.261 e. The van der Waals surface area contributed by atoms with Gasteiger partial charge >= 0.3 is 0 Å². The molecular formula is C23H18N4O5S2. The number of aromatic nitrogens is 1. The van der Waals surface area contributed by atoms with Crippen molar-refractivity contribution in [3.63, 3.8) is 0 Å². The van der Waals surface area contributed by atoms with Gasteiger partial charge in [-0.25, -0.2) is 13.4 Å². The fourth-order valence-electron chi connectivity index (χ4n) is 2.99. The molecule has 0 spiro atoms. The summed E-state index contributed by atoms with van der Waals surface area (Å²) >= 11 is 1.06. The zero-order valence-electron chi connectivity index (χ0n) is 17.8. The first kappa shape index (κ1) is 23.2. The van der Waals surface area contributed by atoms with Crippen LogP contribution in [0.25, 0.3) is 11.1 Å². The van der Waals surface area contributed by atoms with Crippen LogP contribution in [0.2, 0.25) is 0 Å². The average Bonchev–Trinajstić information content (AvgIpc) is 3.26. The molecule has 0 saturated carbocycles. The predicted molar refractivity (Wildman–Crippen MR) is 128 cm³/mol. The van der Waals surface area contributed by atoms with E-state index in [1.54, 1.807) is 48.5 Å². The summed E-state index contributed by atoms with van der Waals surface area (Å²) in [5.74, 6) is 0.276. The van der Waals surface area contributed by atoms with Gasteiger partial charge in [-0.15, -0.1) is 0 Å². The highest BCUT2D eigenvalue weighted by Crippen LogP contribution is 2.27. The molecule has 0 radical (unpaired) electrons. The van der Waals surface area contributed by atoms with Crippen LogP contribution in [0.5, 0.6) is 5.75 Å². The first-order valence-corrected chi connectivity index (χ1v) is 12.3. The van der Waals surface area contributed by atoms with Crippen LogP contribution in [0.15, 0.2) is 81.3 Å². The third-order valence-corrected chi connectivity index (χ3v) is 6.85. The Morgan fingerprint density at radius 3 is 2.65 bits per heavy atom. The zero-order valence-corrected chi connectivity index (χ0v) is 19.4. The molecular weight excluding hydrogens is 476 g/mol. The number of methoxy groups -OCH3 is 1. The van der Waals surface area contributed by atoms with E-state index in [4.69, 9.17) is 14.4 Å². The van der Waals surface area contributed by atoms with Crippen LogP contribution < -0.4 is 14.8 Å². The van der Waals surface area contributed by atoms with E-state index in [2.05, 4.69) is 15.0 Å². The van der Waals surface area contributed by atoms with Crippen molar-refractivity contribution < 1.29 is 22.4 Å². The zero-order chi connectivity index (χ0) is 24.1. The molecule has 0 aliphatic carbocycles. The lowest BCUT2D eigenvalue weighted by molar-refractivity contribution is -0.113. The molecule has 34 heavy (non-hydrogen) atoms. The molecule has 0 bridgehead atoms. The van der Waals surface area contributed by atoms with E-state index in [0.29, 0.717) is 33.8 Å². The van der Waals surface area contributed by atoms with E-state index in [0.717, 1.165) is 11.8 Å². The largest absolute Gasteiger partial charge is 0.497 e. The number of ether oxygens (including phenoxy) is 1. The van der Waals surface area contributed by atoms with Crippen molar-refractivity contribution in [2.75, 3.05) is 22.9 Å². The first-order chi connectivity index (χ1) is 16.4. The Hall–Kier alpha value is -4.01. The van der Waals surface area contributed by atoms with Gasteiger partial charge in [0.15, 0.2) is 5.58 Å². The third-order valence-electron chi connectivity index (χ3n) is 4.64. The summed E-state index contributed by atoms with van der Waals surface area (Å²) < 4.78 is 38.7. The summed E-state index contributed by atoms with van der Waals surface area (Å²) in [7, 11) is -2.32. The number of nitrogens with one attached hydrogen (secondary N) is 2. The maximum atomic E-state index is 12.8. The lowest BCUT2D eigenvalue weighted by atomic mass is 10.2. The van der Waals surface area contributed by atoms with E-state index in [1.807, 2.05) is 6.07 Å². The molecule has 9 nitrogen and oxygen atoms in total. The maximum absolute atomic E-state index is 12.8. The fourth-order valence-corrected chi connectivity index (χ4v) is 4.71. The van der Waals surface area contributed by atoms with Gasteiger partial charge < -0.3 is 14.5 Å². The van der Waals surface area contributed by atoms with Crippen LogP contribution in [-0.2, 0) is 14.8 Å². The summed E-state index contributed by atoms with van der Waals surface area (Å²) in [6.45, 7) is 0. The van der Waals surface area contributed by atoms with Gasteiger partial charge in [-0.05, 0) is 54.6 Å². The Bertz CT molecular complexity index is 1490. The minimum absolute atomic E-state index is 0.00321. The molecule has 0 aliphatic heterocycles. The quantitative estimate of drug-likeness (QED) is 0.347. The number of thioether (sulfide) groups is 1. The minimum atomic E-state index is -3.85. The van der Waals surface area contributed by atoms with Crippen LogP contribution in [-0.4, -0.2) is 32.2 Å². The Kier molecular flexibility index (Phi) is 6.72. The highest BCUT2D eigenvalue weighted by molar-refractivity contribution is 7.99. The highest BCUT2D eigenvalue weighted by Gasteiger charge is 2.17. The number of hydrogen-bond acceptors (Lipinski definition) is 8. The average molecular weight is 495 g/mol. The molecule has 0 aliphatic rings. The number of benzene rings is 3. The van der Waals surface area contributed by atoms with Crippen LogP contribution >= 0.6 is 11.8 Å². The topological polar surface area (TPSA) is 134 Å². The van der Waals surface area contributed by atoms with Gasteiger partial charge in [0.05, 0.1) is 29.0 Å². The van der Waals surface area contributed by atoms with Crippen molar-refractivity contribution in [2.24, 2.45) is 0 Å². The normalized spacial score (nSPS) is 11.1. The van der Waals surface area contributed by atoms with E-state index in [1.165, 1.54) is 25.3 Å². The number of hydrogen-bond donors (Lipinski definition) is 2. The van der Waals surface area contributed by atoms with Gasteiger partial charge in [-0.1, -0.05) is 23.9 Å². The number of fused-ring (bicyclic) bond motifs is 1. The second kappa shape index (κ2) is 9.86.